The molecule has 0 radical (unpaired) electrons. The van der Waals surface area contributed by atoms with Crippen LogP contribution in [0.25, 0.3) is 33.4 Å². The zero-order valence-electron chi connectivity index (χ0n) is 17.3. The van der Waals surface area contributed by atoms with Crippen molar-refractivity contribution in [1.82, 2.24) is 15.2 Å². The minimum absolute atomic E-state index is 0.111. The Morgan fingerprint density at radius 1 is 0.968 bits per heavy atom. The number of furan rings is 1. The zero-order chi connectivity index (χ0) is 20.8. The monoisotopic (exact) mass is 411 g/mol. The van der Waals surface area contributed by atoms with E-state index >= 15 is 0 Å². The normalized spacial score (nSPS) is 22.6. The van der Waals surface area contributed by atoms with Crippen LogP contribution in [0.15, 0.2) is 71.3 Å². The van der Waals surface area contributed by atoms with E-state index in [4.69, 9.17) is 4.42 Å². The van der Waals surface area contributed by atoms with Gasteiger partial charge in [-0.3, -0.25) is 4.79 Å². The van der Waals surface area contributed by atoms with E-state index in [0.717, 1.165) is 36.3 Å². The van der Waals surface area contributed by atoms with Gasteiger partial charge in [-0.2, -0.15) is 0 Å². The van der Waals surface area contributed by atoms with Crippen molar-refractivity contribution in [3.8, 4) is 22.5 Å². The number of rotatable bonds is 4. The minimum Gasteiger partial charge on any atom is -0.451 e. The molecule has 0 aliphatic carbocycles. The van der Waals surface area contributed by atoms with Crippen LogP contribution in [-0.2, 0) is 0 Å². The average molecular weight is 412 g/mol. The highest BCUT2D eigenvalue weighted by Crippen LogP contribution is 2.31. The Morgan fingerprint density at radius 3 is 2.52 bits per heavy atom. The number of H-pyrrole nitrogens is 1. The Hall–Kier alpha value is -3.31. The second-order valence-electron chi connectivity index (χ2n) is 8.71. The lowest BCUT2D eigenvalue weighted by atomic mass is 9.84. The van der Waals surface area contributed by atoms with E-state index in [-0.39, 0.29) is 11.9 Å². The molecule has 31 heavy (non-hydrogen) atoms. The van der Waals surface area contributed by atoms with Gasteiger partial charge in [-0.15, -0.1) is 0 Å². The third kappa shape index (κ3) is 3.35. The van der Waals surface area contributed by atoms with Crippen molar-refractivity contribution < 1.29 is 9.21 Å². The summed E-state index contributed by atoms with van der Waals surface area (Å²) >= 11 is 0. The van der Waals surface area contributed by atoms with Gasteiger partial charge in [-0.1, -0.05) is 42.5 Å². The number of carbonyl (C=O) groups is 1. The van der Waals surface area contributed by atoms with Gasteiger partial charge in [0.25, 0.3) is 5.91 Å². The molecule has 156 valence electrons. The Kier molecular flexibility index (Phi) is 4.42. The van der Waals surface area contributed by atoms with Crippen LogP contribution in [-0.4, -0.2) is 41.5 Å². The van der Waals surface area contributed by atoms with Crippen LogP contribution in [0.2, 0.25) is 0 Å². The molecule has 5 heterocycles. The number of nitrogens with zero attached hydrogens (tertiary/aromatic N) is 1. The average Bonchev–Trinajstić information content (AvgIpc) is 3.48. The summed E-state index contributed by atoms with van der Waals surface area (Å²) in [6, 6.07) is 20.5. The van der Waals surface area contributed by atoms with Crippen LogP contribution in [0.5, 0.6) is 0 Å². The molecule has 2 N–H and O–H groups in total. The van der Waals surface area contributed by atoms with E-state index in [0.29, 0.717) is 17.4 Å². The molecule has 3 aliphatic rings. The summed E-state index contributed by atoms with van der Waals surface area (Å²) in [6.45, 7) is 3.28. The van der Waals surface area contributed by atoms with Crippen molar-refractivity contribution in [2.75, 3.05) is 19.6 Å². The smallest absolute Gasteiger partial charge is 0.287 e. The molecule has 3 saturated heterocycles. The van der Waals surface area contributed by atoms with Gasteiger partial charge in [0.2, 0.25) is 0 Å². The lowest BCUT2D eigenvalue weighted by Gasteiger charge is -2.44. The van der Waals surface area contributed by atoms with E-state index in [1.54, 1.807) is 6.07 Å². The molecule has 3 fully saturated rings. The summed E-state index contributed by atoms with van der Waals surface area (Å²) in [6.07, 6.45) is 4.40. The van der Waals surface area contributed by atoms with Crippen LogP contribution < -0.4 is 5.32 Å². The maximum atomic E-state index is 12.7. The molecule has 3 aliphatic heterocycles. The first-order valence-corrected chi connectivity index (χ1v) is 11.0. The van der Waals surface area contributed by atoms with Crippen LogP contribution >= 0.6 is 0 Å². The molecular formula is C26H25N3O2. The fourth-order valence-electron chi connectivity index (χ4n) is 5.11. The number of para-hydroxylation sites is 1. The number of fused-ring (bicyclic) bond motifs is 4. The van der Waals surface area contributed by atoms with Crippen molar-refractivity contribution in [2.45, 2.75) is 18.9 Å². The lowest BCUT2D eigenvalue weighted by molar-refractivity contribution is 0.0606. The summed E-state index contributed by atoms with van der Waals surface area (Å²) in [5, 5.41) is 4.41. The van der Waals surface area contributed by atoms with Gasteiger partial charge >= 0.3 is 0 Å². The molecule has 0 spiro atoms. The molecule has 1 unspecified atom stereocenters. The number of piperidine rings is 3. The number of amides is 1. The standard InChI is InChI=1S/C26H25N3O2/c30-26(28-23-16-29-13-11-18(23)12-14-29)25-10-9-24(31-25)19-7-5-17(6-8-19)21-15-27-22-4-2-1-3-20(21)22/h1-10,15,18,23,27H,11-14,16H2,(H,28,30). The van der Waals surface area contributed by atoms with Gasteiger partial charge in [0.05, 0.1) is 0 Å². The molecule has 0 saturated carbocycles. The number of hydrogen-bond donors (Lipinski definition) is 2. The van der Waals surface area contributed by atoms with Crippen molar-refractivity contribution in [1.29, 1.82) is 0 Å². The molecule has 2 aromatic carbocycles. The SMILES string of the molecule is O=C(NC1CN2CCC1CC2)c1ccc(-c2ccc(-c3c[nH]c4ccccc34)cc2)o1. The molecule has 1 amide bonds. The summed E-state index contributed by atoms with van der Waals surface area (Å²) in [4.78, 5) is 18.5. The third-order valence-electron chi connectivity index (χ3n) is 6.87. The van der Waals surface area contributed by atoms with E-state index < -0.39 is 0 Å². The Balaban J connectivity index is 1.19. The third-order valence-corrected chi connectivity index (χ3v) is 6.87. The largest absolute Gasteiger partial charge is 0.451 e. The highest BCUT2D eigenvalue weighted by Gasteiger charge is 2.35. The molecule has 5 heteroatoms. The quantitative estimate of drug-likeness (QED) is 0.501. The maximum absolute atomic E-state index is 12.7. The number of nitrogens with one attached hydrogen (secondary N) is 2. The highest BCUT2D eigenvalue weighted by molar-refractivity contribution is 5.96. The maximum Gasteiger partial charge on any atom is 0.287 e. The molecule has 5 nitrogen and oxygen atoms in total. The van der Waals surface area contributed by atoms with E-state index in [9.17, 15) is 4.79 Å². The fourth-order valence-corrected chi connectivity index (χ4v) is 5.11. The van der Waals surface area contributed by atoms with Crippen LogP contribution in [0.1, 0.15) is 23.4 Å². The topological polar surface area (TPSA) is 61.3 Å². The number of benzene rings is 2. The van der Waals surface area contributed by atoms with Crippen LogP contribution in [0.4, 0.5) is 0 Å². The van der Waals surface area contributed by atoms with Crippen LogP contribution in [0.3, 0.4) is 0 Å². The second kappa shape index (κ2) is 7.43. The predicted molar refractivity (Wildman–Crippen MR) is 122 cm³/mol. The van der Waals surface area contributed by atoms with Crippen LogP contribution in [0, 0.1) is 5.92 Å². The number of hydrogen-bond acceptors (Lipinski definition) is 3. The van der Waals surface area contributed by atoms with Crippen molar-refractivity contribution >= 4 is 16.8 Å². The lowest BCUT2D eigenvalue weighted by Crippen LogP contribution is -2.57. The Morgan fingerprint density at radius 2 is 1.74 bits per heavy atom. The van der Waals surface area contributed by atoms with Crippen molar-refractivity contribution in [3.05, 3.63) is 72.6 Å². The molecule has 4 aromatic rings. The summed E-state index contributed by atoms with van der Waals surface area (Å²) in [5.74, 6) is 1.58. The first kappa shape index (κ1) is 18.5. The first-order chi connectivity index (χ1) is 15.2. The summed E-state index contributed by atoms with van der Waals surface area (Å²) < 4.78 is 5.92. The first-order valence-electron chi connectivity index (χ1n) is 11.0. The fraction of sp³-hybridized carbons (Fsp3) is 0.269. The van der Waals surface area contributed by atoms with E-state index in [1.165, 1.54) is 23.8 Å². The molecule has 2 bridgehead atoms. The van der Waals surface area contributed by atoms with Gasteiger partial charge in [-0.05, 0) is 55.6 Å². The molecule has 7 rings (SSSR count). The van der Waals surface area contributed by atoms with Gasteiger partial charge < -0.3 is 19.6 Å². The number of aromatic amines is 1. The number of aromatic nitrogens is 1. The van der Waals surface area contributed by atoms with E-state index in [1.807, 2.05) is 30.5 Å². The van der Waals surface area contributed by atoms with Gasteiger partial charge in [0.15, 0.2) is 5.76 Å². The number of carbonyl (C=O) groups excluding carboxylic acids is 1. The highest BCUT2D eigenvalue weighted by atomic mass is 16.3. The summed E-state index contributed by atoms with van der Waals surface area (Å²) in [5.41, 5.74) is 4.42. The summed E-state index contributed by atoms with van der Waals surface area (Å²) in [7, 11) is 0. The minimum atomic E-state index is -0.111. The van der Waals surface area contributed by atoms with Crippen molar-refractivity contribution in [2.24, 2.45) is 5.92 Å². The van der Waals surface area contributed by atoms with Gasteiger partial charge in [-0.25, -0.2) is 0 Å². The second-order valence-corrected chi connectivity index (χ2v) is 8.71. The molecular weight excluding hydrogens is 386 g/mol. The molecule has 2 aromatic heterocycles. The van der Waals surface area contributed by atoms with Crippen molar-refractivity contribution in [3.63, 3.8) is 0 Å². The zero-order valence-corrected chi connectivity index (χ0v) is 17.3. The van der Waals surface area contributed by atoms with E-state index in [2.05, 4.69) is 45.5 Å². The molecule has 1 atom stereocenters. The Labute approximate surface area is 181 Å². The Bertz CT molecular complexity index is 1230. The predicted octanol–water partition coefficient (Wildman–Crippen LogP) is 4.92. The van der Waals surface area contributed by atoms with Gasteiger partial charge in [0, 0.05) is 40.8 Å². The van der Waals surface area contributed by atoms with Gasteiger partial charge in [0.1, 0.15) is 5.76 Å².